The molecule has 126 valence electrons. The number of nitrogens with zero attached hydrogens (tertiary/aromatic N) is 1. The predicted molar refractivity (Wildman–Crippen MR) is 103 cm³/mol. The van der Waals surface area contributed by atoms with Crippen molar-refractivity contribution in [1.29, 1.82) is 0 Å². The topological polar surface area (TPSA) is 23.5 Å². The molecule has 0 heterocycles. The molecule has 2 nitrogen and oxygen atoms in total. The molecule has 3 aromatic carbocycles. The molecular formula is C22H27NO. The molecule has 0 aliphatic rings. The van der Waals surface area contributed by atoms with E-state index in [0.717, 1.165) is 31.5 Å². The third kappa shape index (κ3) is 3.61. The van der Waals surface area contributed by atoms with Crippen LogP contribution in [0.15, 0.2) is 54.6 Å². The molecule has 0 amide bonds. The lowest BCUT2D eigenvalue weighted by Crippen LogP contribution is -2.30. The zero-order chi connectivity index (χ0) is 16.9. The van der Waals surface area contributed by atoms with Crippen molar-refractivity contribution in [2.75, 3.05) is 19.6 Å². The van der Waals surface area contributed by atoms with Crippen LogP contribution in [0.1, 0.15) is 38.4 Å². The van der Waals surface area contributed by atoms with Crippen molar-refractivity contribution in [3.8, 4) is 0 Å². The number of fused-ring (bicyclic) bond motifs is 3. The van der Waals surface area contributed by atoms with Gasteiger partial charge in [0.25, 0.3) is 0 Å². The van der Waals surface area contributed by atoms with Gasteiger partial charge in [0.05, 0.1) is 6.10 Å². The average Bonchev–Trinajstić information content (AvgIpc) is 2.61. The molecule has 0 saturated carbocycles. The molecule has 0 saturated heterocycles. The molecule has 3 rings (SSSR count). The maximum Gasteiger partial charge on any atom is 0.0917 e. The summed E-state index contributed by atoms with van der Waals surface area (Å²) in [5.41, 5.74) is 1.01. The van der Waals surface area contributed by atoms with E-state index in [4.69, 9.17) is 0 Å². The lowest BCUT2D eigenvalue weighted by molar-refractivity contribution is 0.113. The van der Waals surface area contributed by atoms with E-state index in [1.807, 2.05) is 0 Å². The minimum absolute atomic E-state index is 0.438. The molecule has 0 aromatic heterocycles. The molecule has 24 heavy (non-hydrogen) atoms. The molecule has 0 bridgehead atoms. The van der Waals surface area contributed by atoms with E-state index in [0.29, 0.717) is 6.54 Å². The highest BCUT2D eigenvalue weighted by atomic mass is 16.3. The second-order valence-corrected chi connectivity index (χ2v) is 6.58. The molecule has 0 aliphatic carbocycles. The normalized spacial score (nSPS) is 13.0. The number of hydrogen-bond acceptors (Lipinski definition) is 2. The van der Waals surface area contributed by atoms with Crippen LogP contribution in [0, 0.1) is 0 Å². The number of aliphatic hydroxyl groups excluding tert-OH is 1. The SMILES string of the molecule is CCCN(CCC)CC(O)c1ccc2ccc3ccccc3c2c1. The molecule has 0 radical (unpaired) electrons. The second-order valence-electron chi connectivity index (χ2n) is 6.58. The Morgan fingerprint density at radius 3 is 2.17 bits per heavy atom. The monoisotopic (exact) mass is 321 g/mol. The molecule has 2 heteroatoms. The van der Waals surface area contributed by atoms with Crippen LogP contribution in [0.4, 0.5) is 0 Å². The molecule has 3 aromatic rings. The first-order valence-electron chi connectivity index (χ1n) is 9.04. The van der Waals surface area contributed by atoms with Gasteiger partial charge in [0.2, 0.25) is 0 Å². The van der Waals surface area contributed by atoms with Gasteiger partial charge in [-0.05, 0) is 59.1 Å². The summed E-state index contributed by atoms with van der Waals surface area (Å²) in [6.07, 6.45) is 1.80. The van der Waals surface area contributed by atoms with Crippen LogP contribution in [-0.4, -0.2) is 29.6 Å². The Labute approximate surface area is 144 Å². The van der Waals surface area contributed by atoms with Crippen molar-refractivity contribution >= 4 is 21.5 Å². The Morgan fingerprint density at radius 2 is 1.46 bits per heavy atom. The van der Waals surface area contributed by atoms with Gasteiger partial charge in [-0.15, -0.1) is 0 Å². The quantitative estimate of drug-likeness (QED) is 0.608. The second kappa shape index (κ2) is 7.78. The summed E-state index contributed by atoms with van der Waals surface area (Å²) in [6.45, 7) is 7.18. The van der Waals surface area contributed by atoms with Crippen LogP contribution in [0.2, 0.25) is 0 Å². The van der Waals surface area contributed by atoms with Crippen molar-refractivity contribution in [3.05, 3.63) is 60.2 Å². The van der Waals surface area contributed by atoms with Gasteiger partial charge in [-0.1, -0.05) is 62.4 Å². The van der Waals surface area contributed by atoms with Crippen LogP contribution in [-0.2, 0) is 0 Å². The number of benzene rings is 3. The van der Waals surface area contributed by atoms with E-state index in [1.54, 1.807) is 0 Å². The Kier molecular flexibility index (Phi) is 5.49. The summed E-state index contributed by atoms with van der Waals surface area (Å²) in [6, 6.07) is 19.1. The predicted octanol–water partition coefficient (Wildman–Crippen LogP) is 5.15. The zero-order valence-electron chi connectivity index (χ0n) is 14.7. The van der Waals surface area contributed by atoms with Crippen molar-refractivity contribution in [3.63, 3.8) is 0 Å². The Hall–Kier alpha value is -1.90. The molecule has 0 spiro atoms. The first-order chi connectivity index (χ1) is 11.7. The smallest absolute Gasteiger partial charge is 0.0917 e. The van der Waals surface area contributed by atoms with E-state index in [9.17, 15) is 5.11 Å². The van der Waals surface area contributed by atoms with Crippen LogP contribution in [0.5, 0.6) is 0 Å². The number of rotatable bonds is 7. The summed E-state index contributed by atoms with van der Waals surface area (Å²) < 4.78 is 0. The third-order valence-corrected chi connectivity index (χ3v) is 4.67. The molecule has 1 atom stereocenters. The highest BCUT2D eigenvalue weighted by molar-refractivity contribution is 6.07. The van der Waals surface area contributed by atoms with E-state index in [-0.39, 0.29) is 0 Å². The number of aliphatic hydroxyl groups is 1. The van der Waals surface area contributed by atoms with E-state index in [2.05, 4.69) is 73.3 Å². The van der Waals surface area contributed by atoms with Gasteiger partial charge < -0.3 is 10.0 Å². The van der Waals surface area contributed by atoms with Gasteiger partial charge in [0, 0.05) is 6.54 Å². The van der Waals surface area contributed by atoms with Gasteiger partial charge >= 0.3 is 0 Å². The molecule has 1 N–H and O–H groups in total. The fourth-order valence-corrected chi connectivity index (χ4v) is 3.50. The maximum absolute atomic E-state index is 10.7. The maximum atomic E-state index is 10.7. The zero-order valence-corrected chi connectivity index (χ0v) is 14.7. The molecule has 0 aliphatic heterocycles. The fraction of sp³-hybridized carbons (Fsp3) is 0.364. The van der Waals surface area contributed by atoms with E-state index in [1.165, 1.54) is 21.5 Å². The largest absolute Gasteiger partial charge is 0.387 e. The molecule has 1 unspecified atom stereocenters. The van der Waals surface area contributed by atoms with Gasteiger partial charge in [-0.25, -0.2) is 0 Å². The van der Waals surface area contributed by atoms with Gasteiger partial charge in [-0.3, -0.25) is 0 Å². The summed E-state index contributed by atoms with van der Waals surface area (Å²) in [4.78, 5) is 2.36. The van der Waals surface area contributed by atoms with Crippen molar-refractivity contribution < 1.29 is 5.11 Å². The van der Waals surface area contributed by atoms with Gasteiger partial charge in [0.1, 0.15) is 0 Å². The minimum Gasteiger partial charge on any atom is -0.387 e. The van der Waals surface area contributed by atoms with Crippen molar-refractivity contribution in [1.82, 2.24) is 4.90 Å². The average molecular weight is 321 g/mol. The van der Waals surface area contributed by atoms with Gasteiger partial charge in [-0.2, -0.15) is 0 Å². The lowest BCUT2D eigenvalue weighted by Gasteiger charge is -2.24. The first kappa shape index (κ1) is 16.9. The fourth-order valence-electron chi connectivity index (χ4n) is 3.50. The van der Waals surface area contributed by atoms with Crippen LogP contribution in [0.25, 0.3) is 21.5 Å². The van der Waals surface area contributed by atoms with Crippen LogP contribution in [0.3, 0.4) is 0 Å². The van der Waals surface area contributed by atoms with Crippen molar-refractivity contribution in [2.24, 2.45) is 0 Å². The summed E-state index contributed by atoms with van der Waals surface area (Å²) in [5, 5.41) is 15.7. The third-order valence-electron chi connectivity index (χ3n) is 4.67. The van der Waals surface area contributed by atoms with E-state index < -0.39 is 6.10 Å². The number of hydrogen-bond donors (Lipinski definition) is 1. The van der Waals surface area contributed by atoms with E-state index >= 15 is 0 Å². The summed E-state index contributed by atoms with van der Waals surface area (Å²) in [5.74, 6) is 0. The summed E-state index contributed by atoms with van der Waals surface area (Å²) in [7, 11) is 0. The minimum atomic E-state index is -0.438. The highest BCUT2D eigenvalue weighted by Gasteiger charge is 2.13. The first-order valence-corrected chi connectivity index (χ1v) is 9.04. The standard InChI is InChI=1S/C22H27NO/c1-3-13-23(14-4-2)16-22(24)19-12-11-18-10-9-17-7-5-6-8-20(17)21(18)15-19/h5-12,15,22,24H,3-4,13-14,16H2,1-2H3. The Balaban J connectivity index is 1.93. The van der Waals surface area contributed by atoms with Crippen molar-refractivity contribution in [2.45, 2.75) is 32.8 Å². The molecular weight excluding hydrogens is 294 g/mol. The van der Waals surface area contributed by atoms with Gasteiger partial charge in [0.15, 0.2) is 0 Å². The highest BCUT2D eigenvalue weighted by Crippen LogP contribution is 2.28. The lowest BCUT2D eigenvalue weighted by atomic mass is 9.98. The van der Waals surface area contributed by atoms with Crippen LogP contribution >= 0.6 is 0 Å². The Morgan fingerprint density at radius 1 is 0.833 bits per heavy atom. The van der Waals surface area contributed by atoms with Crippen LogP contribution < -0.4 is 0 Å². The molecule has 0 fully saturated rings. The Bertz CT molecular complexity index is 805. The summed E-state index contributed by atoms with van der Waals surface area (Å²) >= 11 is 0.